The Bertz CT molecular complexity index is 435. The van der Waals surface area contributed by atoms with Crippen molar-refractivity contribution in [3.05, 3.63) is 33.3 Å². The number of likely N-dealkylation sites (tertiary alicyclic amines) is 1. The van der Waals surface area contributed by atoms with Gasteiger partial charge in [-0.1, -0.05) is 24.9 Å². The van der Waals surface area contributed by atoms with Crippen LogP contribution in [0.15, 0.2) is 22.7 Å². The molecule has 0 aliphatic carbocycles. The monoisotopic (exact) mass is 315 g/mol. The van der Waals surface area contributed by atoms with E-state index in [0.717, 1.165) is 30.4 Å². The van der Waals surface area contributed by atoms with E-state index in [-0.39, 0.29) is 5.91 Å². The van der Waals surface area contributed by atoms with Crippen LogP contribution in [0.1, 0.15) is 30.1 Å². The molecule has 0 saturated carbocycles. The number of hydrogen-bond acceptors (Lipinski definition) is 1. The molecule has 4 heteroatoms. The molecule has 0 radical (unpaired) electrons. The third kappa shape index (κ3) is 2.83. The van der Waals surface area contributed by atoms with Gasteiger partial charge in [-0.25, -0.2) is 0 Å². The maximum absolute atomic E-state index is 12.2. The van der Waals surface area contributed by atoms with Gasteiger partial charge in [-0.05, 0) is 46.5 Å². The normalized spacial score (nSPS) is 19.7. The summed E-state index contributed by atoms with van der Waals surface area (Å²) in [6.07, 6.45) is 2.27. The molecule has 92 valence electrons. The van der Waals surface area contributed by atoms with Crippen molar-refractivity contribution < 1.29 is 4.79 Å². The predicted octanol–water partition coefficient (Wildman–Crippen LogP) is 3.97. The van der Waals surface area contributed by atoms with Crippen LogP contribution in [0, 0.1) is 5.92 Å². The summed E-state index contributed by atoms with van der Waals surface area (Å²) in [4.78, 5) is 14.2. The average Bonchev–Trinajstić information content (AvgIpc) is 2.80. The first-order valence-electron chi connectivity index (χ1n) is 5.86. The van der Waals surface area contributed by atoms with Crippen LogP contribution in [-0.2, 0) is 0 Å². The van der Waals surface area contributed by atoms with E-state index in [4.69, 9.17) is 11.6 Å². The molecule has 1 aliphatic rings. The second-order valence-corrected chi connectivity index (χ2v) is 5.70. The Labute approximate surface area is 115 Å². The van der Waals surface area contributed by atoms with Gasteiger partial charge in [-0.2, -0.15) is 0 Å². The molecule has 1 unspecified atom stereocenters. The maximum Gasteiger partial charge on any atom is 0.253 e. The molecule has 1 aromatic carbocycles. The van der Waals surface area contributed by atoms with Crippen molar-refractivity contribution in [3.8, 4) is 0 Å². The smallest absolute Gasteiger partial charge is 0.253 e. The zero-order valence-electron chi connectivity index (χ0n) is 9.75. The Morgan fingerprint density at radius 3 is 2.94 bits per heavy atom. The molecule has 1 aliphatic heterocycles. The first kappa shape index (κ1) is 12.9. The van der Waals surface area contributed by atoms with Crippen molar-refractivity contribution in [2.75, 3.05) is 13.1 Å². The summed E-state index contributed by atoms with van der Waals surface area (Å²) in [6, 6.07) is 5.34. The summed E-state index contributed by atoms with van der Waals surface area (Å²) in [5.41, 5.74) is 0.707. The fourth-order valence-corrected chi connectivity index (χ4v) is 2.66. The summed E-state index contributed by atoms with van der Waals surface area (Å²) in [5, 5.41) is 0.634. The van der Waals surface area contributed by atoms with Crippen LogP contribution in [-0.4, -0.2) is 23.9 Å². The van der Waals surface area contributed by atoms with Crippen molar-refractivity contribution in [1.82, 2.24) is 4.90 Å². The minimum Gasteiger partial charge on any atom is -0.338 e. The zero-order valence-corrected chi connectivity index (χ0v) is 12.1. The first-order chi connectivity index (χ1) is 8.11. The van der Waals surface area contributed by atoms with Crippen molar-refractivity contribution in [2.45, 2.75) is 19.8 Å². The van der Waals surface area contributed by atoms with Gasteiger partial charge in [0.25, 0.3) is 5.91 Å². The van der Waals surface area contributed by atoms with E-state index in [1.807, 2.05) is 4.90 Å². The van der Waals surface area contributed by atoms with Crippen molar-refractivity contribution in [3.63, 3.8) is 0 Å². The molecule has 1 heterocycles. The van der Waals surface area contributed by atoms with E-state index >= 15 is 0 Å². The highest BCUT2D eigenvalue weighted by molar-refractivity contribution is 9.10. The van der Waals surface area contributed by atoms with E-state index in [1.54, 1.807) is 18.2 Å². The van der Waals surface area contributed by atoms with Gasteiger partial charge in [0.15, 0.2) is 0 Å². The van der Waals surface area contributed by atoms with Gasteiger partial charge >= 0.3 is 0 Å². The van der Waals surface area contributed by atoms with Gasteiger partial charge < -0.3 is 4.90 Å². The largest absolute Gasteiger partial charge is 0.338 e. The zero-order chi connectivity index (χ0) is 12.4. The van der Waals surface area contributed by atoms with Crippen LogP contribution >= 0.6 is 27.5 Å². The van der Waals surface area contributed by atoms with Gasteiger partial charge in [0.1, 0.15) is 0 Å². The second kappa shape index (κ2) is 5.40. The molecule has 1 saturated heterocycles. The number of nitrogens with zero attached hydrogens (tertiary/aromatic N) is 1. The van der Waals surface area contributed by atoms with Crippen LogP contribution < -0.4 is 0 Å². The lowest BCUT2D eigenvalue weighted by atomic mass is 10.1. The van der Waals surface area contributed by atoms with Crippen LogP contribution in [0.25, 0.3) is 0 Å². The first-order valence-corrected chi connectivity index (χ1v) is 7.03. The van der Waals surface area contributed by atoms with Crippen LogP contribution in [0.3, 0.4) is 0 Å². The highest BCUT2D eigenvalue weighted by Gasteiger charge is 2.25. The summed E-state index contributed by atoms with van der Waals surface area (Å²) >= 11 is 9.26. The highest BCUT2D eigenvalue weighted by Crippen LogP contribution is 2.26. The highest BCUT2D eigenvalue weighted by atomic mass is 79.9. The van der Waals surface area contributed by atoms with E-state index in [9.17, 15) is 4.79 Å². The quantitative estimate of drug-likeness (QED) is 0.808. The van der Waals surface area contributed by atoms with Gasteiger partial charge in [-0.15, -0.1) is 0 Å². The van der Waals surface area contributed by atoms with Crippen molar-refractivity contribution in [1.29, 1.82) is 0 Å². The Morgan fingerprint density at radius 2 is 2.35 bits per heavy atom. The minimum atomic E-state index is 0.110. The molecular weight excluding hydrogens is 302 g/mol. The molecule has 1 fully saturated rings. The molecule has 1 atom stereocenters. The number of carbonyl (C=O) groups excluding carboxylic acids is 1. The van der Waals surface area contributed by atoms with Gasteiger partial charge in [0.2, 0.25) is 0 Å². The van der Waals surface area contributed by atoms with E-state index in [2.05, 4.69) is 22.9 Å². The Morgan fingerprint density at radius 1 is 1.59 bits per heavy atom. The lowest BCUT2D eigenvalue weighted by molar-refractivity contribution is 0.0787. The van der Waals surface area contributed by atoms with E-state index in [1.165, 1.54) is 0 Å². The molecule has 17 heavy (non-hydrogen) atoms. The number of rotatable bonds is 2. The van der Waals surface area contributed by atoms with Crippen LogP contribution in [0.4, 0.5) is 0 Å². The third-order valence-electron chi connectivity index (χ3n) is 3.32. The fourth-order valence-electron chi connectivity index (χ4n) is 2.16. The minimum absolute atomic E-state index is 0.110. The lowest BCUT2D eigenvalue weighted by Crippen LogP contribution is -2.28. The number of benzene rings is 1. The standard InChI is InChI=1S/C13H15BrClNO/c1-2-9-5-6-16(8-9)13(17)10-3-4-12(15)11(14)7-10/h3-4,7,9H,2,5-6,8H2,1H3. The van der Waals surface area contributed by atoms with E-state index in [0.29, 0.717) is 16.5 Å². The Hall–Kier alpha value is -0.540. The van der Waals surface area contributed by atoms with Gasteiger partial charge in [-0.3, -0.25) is 4.79 Å². The van der Waals surface area contributed by atoms with Crippen molar-refractivity contribution >= 4 is 33.4 Å². The topological polar surface area (TPSA) is 20.3 Å². The molecule has 2 rings (SSSR count). The molecule has 0 spiro atoms. The molecule has 0 N–H and O–H groups in total. The number of hydrogen-bond donors (Lipinski definition) is 0. The molecule has 1 aromatic rings. The molecule has 2 nitrogen and oxygen atoms in total. The van der Waals surface area contributed by atoms with Crippen LogP contribution in [0.5, 0.6) is 0 Å². The second-order valence-electron chi connectivity index (χ2n) is 4.44. The summed E-state index contributed by atoms with van der Waals surface area (Å²) < 4.78 is 0.774. The molecule has 0 bridgehead atoms. The van der Waals surface area contributed by atoms with E-state index < -0.39 is 0 Å². The number of amides is 1. The third-order valence-corrected chi connectivity index (χ3v) is 4.53. The van der Waals surface area contributed by atoms with Crippen molar-refractivity contribution in [2.24, 2.45) is 5.92 Å². The molecule has 0 aromatic heterocycles. The predicted molar refractivity (Wildman–Crippen MR) is 73.5 cm³/mol. The Kier molecular flexibility index (Phi) is 4.10. The fraction of sp³-hybridized carbons (Fsp3) is 0.462. The lowest BCUT2D eigenvalue weighted by Gasteiger charge is -2.16. The molecule has 1 amide bonds. The average molecular weight is 317 g/mol. The summed E-state index contributed by atoms with van der Waals surface area (Å²) in [5.74, 6) is 0.771. The van der Waals surface area contributed by atoms with Crippen LogP contribution in [0.2, 0.25) is 5.02 Å². The van der Waals surface area contributed by atoms with Gasteiger partial charge in [0, 0.05) is 23.1 Å². The maximum atomic E-state index is 12.2. The summed E-state index contributed by atoms with van der Waals surface area (Å²) in [6.45, 7) is 3.94. The number of halogens is 2. The SMILES string of the molecule is CCC1CCN(C(=O)c2ccc(Cl)c(Br)c2)C1. The summed E-state index contributed by atoms with van der Waals surface area (Å²) in [7, 11) is 0. The molecular formula is C13H15BrClNO. The Balaban J connectivity index is 2.12. The number of carbonyl (C=O) groups is 1. The van der Waals surface area contributed by atoms with Gasteiger partial charge in [0.05, 0.1) is 5.02 Å².